The number of esters is 2. The van der Waals surface area contributed by atoms with E-state index in [1.807, 2.05) is 38.1 Å². The van der Waals surface area contributed by atoms with Gasteiger partial charge < -0.3 is 19.5 Å². The molecule has 0 spiro atoms. The number of dihydropyridines is 1. The summed E-state index contributed by atoms with van der Waals surface area (Å²) in [6.45, 7) is 3.75. The number of benzene rings is 1. The van der Waals surface area contributed by atoms with Crippen molar-refractivity contribution >= 4 is 11.9 Å². The number of hydrogen-bond acceptors (Lipinski definition) is 6. The molecule has 6 heteroatoms. The lowest BCUT2D eigenvalue weighted by Gasteiger charge is -2.33. The predicted octanol–water partition coefficient (Wildman–Crippen LogP) is 5.68. The molecule has 0 unspecified atom stereocenters. The van der Waals surface area contributed by atoms with Gasteiger partial charge in [-0.2, -0.15) is 0 Å². The van der Waals surface area contributed by atoms with E-state index >= 15 is 0 Å². The van der Waals surface area contributed by atoms with Crippen molar-refractivity contribution in [1.29, 1.82) is 0 Å². The highest BCUT2D eigenvalue weighted by Gasteiger charge is 2.39. The fourth-order valence-corrected chi connectivity index (χ4v) is 5.46. The van der Waals surface area contributed by atoms with Crippen LogP contribution in [0.5, 0.6) is 5.75 Å². The largest absolute Gasteiger partial charge is 0.497 e. The zero-order valence-corrected chi connectivity index (χ0v) is 20.7. The highest BCUT2D eigenvalue weighted by molar-refractivity contribution is 6.00. The summed E-state index contributed by atoms with van der Waals surface area (Å²) in [4.78, 5) is 27.1. The molecule has 1 N–H and O–H groups in total. The fourth-order valence-electron chi connectivity index (χ4n) is 5.46. The highest BCUT2D eigenvalue weighted by Crippen LogP contribution is 2.40. The first-order chi connectivity index (χ1) is 16.5. The Morgan fingerprint density at radius 2 is 1.18 bits per heavy atom. The monoisotopic (exact) mass is 467 g/mol. The van der Waals surface area contributed by atoms with Gasteiger partial charge in [0.05, 0.1) is 24.2 Å². The van der Waals surface area contributed by atoms with Gasteiger partial charge in [0, 0.05) is 11.4 Å². The Hall–Kier alpha value is -2.76. The topological polar surface area (TPSA) is 73.9 Å². The molecule has 0 atom stereocenters. The molecule has 1 aliphatic heterocycles. The van der Waals surface area contributed by atoms with E-state index in [4.69, 9.17) is 14.2 Å². The van der Waals surface area contributed by atoms with E-state index in [1.165, 1.54) is 12.8 Å². The van der Waals surface area contributed by atoms with Gasteiger partial charge in [0.15, 0.2) is 0 Å². The van der Waals surface area contributed by atoms with Crippen LogP contribution in [0.2, 0.25) is 0 Å². The van der Waals surface area contributed by atoms with Gasteiger partial charge >= 0.3 is 11.9 Å². The van der Waals surface area contributed by atoms with Crippen molar-refractivity contribution in [3.05, 3.63) is 52.4 Å². The average Bonchev–Trinajstić information content (AvgIpc) is 2.84. The third kappa shape index (κ3) is 5.48. The molecule has 34 heavy (non-hydrogen) atoms. The minimum Gasteiger partial charge on any atom is -0.497 e. The number of hydrogen-bond donors (Lipinski definition) is 1. The lowest BCUT2D eigenvalue weighted by atomic mass is 9.80. The molecular weight excluding hydrogens is 430 g/mol. The third-order valence-corrected chi connectivity index (χ3v) is 7.30. The Morgan fingerprint density at radius 3 is 1.59 bits per heavy atom. The van der Waals surface area contributed by atoms with Gasteiger partial charge in [0.1, 0.15) is 18.0 Å². The molecule has 0 aromatic heterocycles. The van der Waals surface area contributed by atoms with Crippen molar-refractivity contribution in [2.24, 2.45) is 0 Å². The van der Waals surface area contributed by atoms with E-state index in [0.717, 1.165) is 62.7 Å². The number of carbonyl (C=O) groups excluding carboxylic acids is 2. The van der Waals surface area contributed by atoms with Crippen LogP contribution in [0.4, 0.5) is 0 Å². The molecule has 1 aromatic carbocycles. The molecular formula is C28H37NO5. The first-order valence-corrected chi connectivity index (χ1v) is 12.7. The molecule has 0 saturated heterocycles. The van der Waals surface area contributed by atoms with Gasteiger partial charge in [-0.25, -0.2) is 9.59 Å². The molecule has 2 fully saturated rings. The van der Waals surface area contributed by atoms with Crippen molar-refractivity contribution < 1.29 is 23.8 Å². The maximum Gasteiger partial charge on any atom is 0.337 e. The number of allylic oxidation sites excluding steroid dienone is 2. The van der Waals surface area contributed by atoms with Crippen LogP contribution in [0.1, 0.15) is 89.5 Å². The molecule has 2 aliphatic carbocycles. The van der Waals surface area contributed by atoms with Gasteiger partial charge in [-0.1, -0.05) is 25.0 Å². The van der Waals surface area contributed by atoms with Crippen LogP contribution in [0.25, 0.3) is 0 Å². The number of methoxy groups -OCH3 is 1. The predicted molar refractivity (Wildman–Crippen MR) is 130 cm³/mol. The molecule has 0 radical (unpaired) electrons. The Balaban J connectivity index is 1.67. The van der Waals surface area contributed by atoms with Crippen LogP contribution in [-0.4, -0.2) is 31.3 Å². The average molecular weight is 468 g/mol. The summed E-state index contributed by atoms with van der Waals surface area (Å²) in [5, 5.41) is 3.27. The Labute approximate surface area is 202 Å². The minimum absolute atomic E-state index is 0.0669. The molecule has 1 heterocycles. The van der Waals surface area contributed by atoms with Crippen molar-refractivity contribution in [2.45, 2.75) is 96.2 Å². The maximum absolute atomic E-state index is 13.5. The minimum atomic E-state index is -0.556. The molecule has 6 nitrogen and oxygen atoms in total. The van der Waals surface area contributed by atoms with Gasteiger partial charge in [0.25, 0.3) is 0 Å². The SMILES string of the molecule is COc1ccc(C2C(C(=O)OC3CCCCC3)=C(C)NC(C)=C2C(=O)OC2CCCCC2)cc1. The maximum atomic E-state index is 13.5. The van der Waals surface area contributed by atoms with Crippen molar-refractivity contribution in [3.63, 3.8) is 0 Å². The summed E-state index contributed by atoms with van der Waals surface area (Å²) in [7, 11) is 1.62. The van der Waals surface area contributed by atoms with E-state index in [1.54, 1.807) is 7.11 Å². The smallest absolute Gasteiger partial charge is 0.337 e. The van der Waals surface area contributed by atoms with E-state index in [2.05, 4.69) is 5.32 Å². The molecule has 0 bridgehead atoms. The number of carbonyl (C=O) groups is 2. The second-order valence-electron chi connectivity index (χ2n) is 9.74. The zero-order valence-electron chi connectivity index (χ0n) is 20.7. The van der Waals surface area contributed by atoms with Gasteiger partial charge in [-0.3, -0.25) is 0 Å². The van der Waals surface area contributed by atoms with Crippen LogP contribution >= 0.6 is 0 Å². The van der Waals surface area contributed by atoms with E-state index in [0.29, 0.717) is 22.5 Å². The number of rotatable bonds is 6. The summed E-state index contributed by atoms with van der Waals surface area (Å²) in [5.41, 5.74) is 3.24. The van der Waals surface area contributed by atoms with Crippen LogP contribution in [0.3, 0.4) is 0 Å². The molecule has 3 aliphatic rings. The molecule has 0 amide bonds. The summed E-state index contributed by atoms with van der Waals surface area (Å²) < 4.78 is 17.3. The first kappa shape index (κ1) is 24.4. The Morgan fingerprint density at radius 1 is 0.735 bits per heavy atom. The highest BCUT2D eigenvalue weighted by atomic mass is 16.5. The van der Waals surface area contributed by atoms with Crippen molar-refractivity contribution in [3.8, 4) is 5.75 Å². The third-order valence-electron chi connectivity index (χ3n) is 7.30. The quantitative estimate of drug-likeness (QED) is 0.543. The molecule has 2 saturated carbocycles. The van der Waals surface area contributed by atoms with Crippen molar-refractivity contribution in [2.75, 3.05) is 7.11 Å². The first-order valence-electron chi connectivity index (χ1n) is 12.7. The van der Waals surface area contributed by atoms with E-state index < -0.39 is 5.92 Å². The van der Waals surface area contributed by atoms with E-state index in [9.17, 15) is 9.59 Å². The van der Waals surface area contributed by atoms with Crippen LogP contribution in [0.15, 0.2) is 46.8 Å². The number of nitrogens with one attached hydrogen (secondary N) is 1. The zero-order chi connectivity index (χ0) is 24.1. The fraction of sp³-hybridized carbons (Fsp3) is 0.571. The van der Waals surface area contributed by atoms with Crippen molar-refractivity contribution in [1.82, 2.24) is 5.32 Å². The van der Waals surface area contributed by atoms with Gasteiger partial charge in [0.2, 0.25) is 0 Å². The standard InChI is InChI=1S/C28H37NO5/c1-18-24(27(30)33-22-10-6-4-7-11-22)26(20-14-16-21(32-3)17-15-20)25(19(2)29-18)28(31)34-23-12-8-5-9-13-23/h14-17,22-23,26,29H,4-13H2,1-3H3. The van der Waals surface area contributed by atoms with Gasteiger partial charge in [-0.15, -0.1) is 0 Å². The molecule has 4 rings (SSSR count). The van der Waals surface area contributed by atoms with Gasteiger partial charge in [-0.05, 0) is 82.9 Å². The normalized spacial score (nSPS) is 20.7. The second kappa shape index (κ2) is 11.1. The number of ether oxygens (including phenoxy) is 3. The lowest BCUT2D eigenvalue weighted by Crippen LogP contribution is -2.35. The lowest BCUT2D eigenvalue weighted by molar-refractivity contribution is -0.146. The van der Waals surface area contributed by atoms with Crippen LogP contribution in [-0.2, 0) is 19.1 Å². The summed E-state index contributed by atoms with van der Waals surface area (Å²) >= 11 is 0. The molecule has 184 valence electrons. The van der Waals surface area contributed by atoms with Crippen LogP contribution < -0.4 is 10.1 Å². The second-order valence-corrected chi connectivity index (χ2v) is 9.74. The summed E-state index contributed by atoms with van der Waals surface area (Å²) in [6, 6.07) is 7.54. The molecule has 1 aromatic rings. The summed E-state index contributed by atoms with van der Waals surface area (Å²) in [5.74, 6) is -0.544. The summed E-state index contributed by atoms with van der Waals surface area (Å²) in [6.07, 6.45) is 10.1. The van der Waals surface area contributed by atoms with E-state index in [-0.39, 0.29) is 24.1 Å². The van der Waals surface area contributed by atoms with Crippen LogP contribution in [0, 0.1) is 0 Å². The Bertz CT molecular complexity index is 896. The Kier molecular flexibility index (Phi) is 7.96.